The Morgan fingerprint density at radius 1 is 1.21 bits per heavy atom. The van der Waals surface area contributed by atoms with E-state index in [0.29, 0.717) is 21.8 Å². The van der Waals surface area contributed by atoms with Crippen LogP contribution in [0.4, 0.5) is 5.69 Å². The fourth-order valence-corrected chi connectivity index (χ4v) is 3.84. The van der Waals surface area contributed by atoms with Gasteiger partial charge in [0, 0.05) is 6.54 Å². The molecule has 1 heterocycles. The second kappa shape index (κ2) is 8.47. The van der Waals surface area contributed by atoms with Gasteiger partial charge in [-0.05, 0) is 35.9 Å². The Morgan fingerprint density at radius 3 is 2.52 bits per heavy atom. The number of aliphatic imine (C=N–C) groups is 1. The fraction of sp³-hybridized carbons (Fsp3) is 0.150. The number of halogens is 1. The molecule has 0 fully saturated rings. The number of benzene rings is 2. The van der Waals surface area contributed by atoms with Crippen molar-refractivity contribution in [1.29, 1.82) is 5.26 Å². The molecule has 7 nitrogen and oxygen atoms in total. The van der Waals surface area contributed by atoms with Gasteiger partial charge in [-0.2, -0.15) is 5.26 Å². The van der Waals surface area contributed by atoms with Crippen LogP contribution in [-0.4, -0.2) is 33.1 Å². The SMILES string of the molecule is CS(=O)(=O)N(CCC#N)c1ccc(/C=C2\N=C(c3ccccc3Cl)OC2=O)cc1. The molecule has 0 radical (unpaired) electrons. The third-order valence-corrected chi connectivity index (χ3v) is 5.56. The van der Waals surface area contributed by atoms with Crippen molar-refractivity contribution >= 4 is 45.3 Å². The molecule has 0 amide bonds. The van der Waals surface area contributed by atoms with Gasteiger partial charge in [-0.25, -0.2) is 18.2 Å². The van der Waals surface area contributed by atoms with Crippen LogP contribution in [0.25, 0.3) is 6.08 Å². The molecule has 0 aliphatic carbocycles. The largest absolute Gasteiger partial charge is 0.402 e. The van der Waals surface area contributed by atoms with Gasteiger partial charge in [-0.15, -0.1) is 0 Å². The lowest BCUT2D eigenvalue weighted by Crippen LogP contribution is -2.30. The highest BCUT2D eigenvalue weighted by Gasteiger charge is 2.25. The maximum absolute atomic E-state index is 12.1. The van der Waals surface area contributed by atoms with Gasteiger partial charge in [0.2, 0.25) is 15.9 Å². The smallest absolute Gasteiger partial charge is 0.363 e. The zero-order valence-corrected chi connectivity index (χ0v) is 16.9. The number of hydrogen-bond acceptors (Lipinski definition) is 6. The molecule has 3 rings (SSSR count). The molecular weight excluding hydrogens is 414 g/mol. The van der Waals surface area contributed by atoms with Crippen LogP contribution < -0.4 is 4.31 Å². The van der Waals surface area contributed by atoms with E-state index in [1.807, 2.05) is 6.07 Å². The van der Waals surface area contributed by atoms with E-state index in [-0.39, 0.29) is 24.6 Å². The summed E-state index contributed by atoms with van der Waals surface area (Å²) in [6.45, 7) is 0.0631. The van der Waals surface area contributed by atoms with E-state index >= 15 is 0 Å². The van der Waals surface area contributed by atoms with E-state index in [1.54, 1.807) is 48.5 Å². The van der Waals surface area contributed by atoms with Crippen LogP contribution in [0.1, 0.15) is 17.5 Å². The summed E-state index contributed by atoms with van der Waals surface area (Å²) in [5.41, 5.74) is 1.69. The molecule has 2 aromatic rings. The van der Waals surface area contributed by atoms with Crippen molar-refractivity contribution in [2.75, 3.05) is 17.1 Å². The van der Waals surface area contributed by atoms with Crippen LogP contribution in [-0.2, 0) is 19.6 Å². The van der Waals surface area contributed by atoms with Crippen molar-refractivity contribution in [2.24, 2.45) is 4.99 Å². The maximum Gasteiger partial charge on any atom is 0.363 e. The number of nitriles is 1. The monoisotopic (exact) mass is 429 g/mol. The van der Waals surface area contributed by atoms with Gasteiger partial charge in [0.1, 0.15) is 0 Å². The predicted molar refractivity (Wildman–Crippen MR) is 111 cm³/mol. The average Bonchev–Trinajstić information content (AvgIpc) is 3.03. The molecule has 0 saturated heterocycles. The number of sulfonamides is 1. The lowest BCUT2D eigenvalue weighted by Gasteiger charge is -2.21. The highest BCUT2D eigenvalue weighted by Crippen LogP contribution is 2.25. The molecule has 29 heavy (non-hydrogen) atoms. The Morgan fingerprint density at radius 2 is 1.90 bits per heavy atom. The number of carbonyl (C=O) groups excluding carboxylic acids is 1. The second-order valence-corrected chi connectivity index (χ2v) is 8.46. The summed E-state index contributed by atoms with van der Waals surface area (Å²) in [6, 6.07) is 15.3. The van der Waals surface area contributed by atoms with Gasteiger partial charge >= 0.3 is 5.97 Å². The number of hydrogen-bond donors (Lipinski definition) is 0. The molecule has 1 aliphatic rings. The lowest BCUT2D eigenvalue weighted by molar-refractivity contribution is -0.129. The fourth-order valence-electron chi connectivity index (χ4n) is 2.69. The first-order chi connectivity index (χ1) is 13.8. The summed E-state index contributed by atoms with van der Waals surface area (Å²) in [4.78, 5) is 16.3. The normalized spacial score (nSPS) is 15.0. The molecule has 0 spiro atoms. The van der Waals surface area contributed by atoms with Gasteiger partial charge in [0.15, 0.2) is 5.70 Å². The molecule has 0 aromatic heterocycles. The van der Waals surface area contributed by atoms with E-state index < -0.39 is 16.0 Å². The molecule has 0 saturated carbocycles. The van der Waals surface area contributed by atoms with Crippen molar-refractivity contribution in [1.82, 2.24) is 0 Å². The van der Waals surface area contributed by atoms with Crippen LogP contribution in [0.15, 0.2) is 59.2 Å². The van der Waals surface area contributed by atoms with E-state index in [2.05, 4.69) is 4.99 Å². The maximum atomic E-state index is 12.1. The average molecular weight is 430 g/mol. The van der Waals surface area contributed by atoms with E-state index in [9.17, 15) is 13.2 Å². The summed E-state index contributed by atoms with van der Waals surface area (Å²) in [5.74, 6) is -0.473. The minimum absolute atomic E-state index is 0.0631. The third kappa shape index (κ3) is 4.83. The molecule has 0 bridgehead atoms. The van der Waals surface area contributed by atoms with Crippen molar-refractivity contribution in [3.8, 4) is 6.07 Å². The third-order valence-electron chi connectivity index (χ3n) is 4.04. The summed E-state index contributed by atoms with van der Waals surface area (Å²) >= 11 is 6.11. The zero-order valence-electron chi connectivity index (χ0n) is 15.4. The first-order valence-electron chi connectivity index (χ1n) is 8.52. The molecule has 0 N–H and O–H groups in total. The standard InChI is InChI=1S/C20H16ClN3O4S/c1-29(26,27)24(12-4-11-22)15-9-7-14(8-10-15)13-18-20(25)28-19(23-18)16-5-2-3-6-17(16)21/h2-3,5-10,13H,4,12H2,1H3/b18-13-. The Kier molecular flexibility index (Phi) is 6.01. The lowest BCUT2D eigenvalue weighted by atomic mass is 10.1. The van der Waals surface area contributed by atoms with E-state index in [1.165, 1.54) is 6.08 Å². The van der Waals surface area contributed by atoms with Crippen molar-refractivity contribution in [3.63, 3.8) is 0 Å². The van der Waals surface area contributed by atoms with Crippen molar-refractivity contribution in [3.05, 3.63) is 70.4 Å². The zero-order chi connectivity index (χ0) is 21.0. The summed E-state index contributed by atoms with van der Waals surface area (Å²) in [5, 5.41) is 9.15. The van der Waals surface area contributed by atoms with Crippen LogP contribution in [0, 0.1) is 11.3 Å². The molecular formula is C20H16ClN3O4S. The van der Waals surface area contributed by atoms with Gasteiger partial charge in [-0.3, -0.25) is 4.31 Å². The number of rotatable bonds is 6. The first-order valence-corrected chi connectivity index (χ1v) is 10.7. The second-order valence-electron chi connectivity index (χ2n) is 6.15. The summed E-state index contributed by atoms with van der Waals surface area (Å²) in [6.07, 6.45) is 2.69. The molecule has 0 unspecified atom stereocenters. The molecule has 0 atom stereocenters. The van der Waals surface area contributed by atoms with Gasteiger partial charge in [-0.1, -0.05) is 35.9 Å². The number of nitrogens with zero attached hydrogens (tertiary/aromatic N) is 3. The summed E-state index contributed by atoms with van der Waals surface area (Å²) < 4.78 is 30.3. The van der Waals surface area contributed by atoms with E-state index in [4.69, 9.17) is 21.6 Å². The van der Waals surface area contributed by atoms with Gasteiger partial charge in [0.25, 0.3) is 0 Å². The number of carbonyl (C=O) groups is 1. The van der Waals surface area contributed by atoms with Gasteiger partial charge < -0.3 is 4.74 Å². The Hall–Kier alpha value is -3.15. The minimum atomic E-state index is -3.52. The Labute approximate surface area is 173 Å². The Bertz CT molecular complexity index is 1150. The van der Waals surface area contributed by atoms with Crippen LogP contribution in [0.2, 0.25) is 5.02 Å². The van der Waals surface area contributed by atoms with Crippen LogP contribution in [0.3, 0.4) is 0 Å². The molecule has 2 aromatic carbocycles. The molecule has 148 valence electrons. The highest BCUT2D eigenvalue weighted by molar-refractivity contribution is 7.92. The van der Waals surface area contributed by atoms with E-state index in [0.717, 1.165) is 10.6 Å². The van der Waals surface area contributed by atoms with Gasteiger partial charge in [0.05, 0.1) is 35.0 Å². The van der Waals surface area contributed by atoms with Crippen LogP contribution in [0.5, 0.6) is 0 Å². The highest BCUT2D eigenvalue weighted by atomic mass is 35.5. The number of anilines is 1. The van der Waals surface area contributed by atoms with Crippen molar-refractivity contribution in [2.45, 2.75) is 6.42 Å². The topological polar surface area (TPSA) is 99.8 Å². The predicted octanol–water partition coefficient (Wildman–Crippen LogP) is 3.36. The minimum Gasteiger partial charge on any atom is -0.402 e. The number of cyclic esters (lactones) is 1. The number of ether oxygens (including phenoxy) is 1. The number of esters is 1. The van der Waals surface area contributed by atoms with Crippen molar-refractivity contribution < 1.29 is 17.9 Å². The molecule has 9 heteroatoms. The summed E-state index contributed by atoms with van der Waals surface area (Å²) in [7, 11) is -3.52. The first kappa shape index (κ1) is 20.6. The quantitative estimate of drug-likeness (QED) is 0.517. The van der Waals surface area contributed by atoms with Crippen LogP contribution >= 0.6 is 11.6 Å². The Balaban J connectivity index is 1.87. The molecule has 1 aliphatic heterocycles.